The van der Waals surface area contributed by atoms with E-state index in [9.17, 15) is 13.2 Å². The third kappa shape index (κ3) is 5.10. The van der Waals surface area contributed by atoms with Crippen molar-refractivity contribution in [3.8, 4) is 0 Å². The van der Waals surface area contributed by atoms with E-state index in [0.29, 0.717) is 5.02 Å². The highest BCUT2D eigenvalue weighted by molar-refractivity contribution is 9.10. The Bertz CT molecular complexity index is 872. The molecule has 0 unspecified atom stereocenters. The van der Waals surface area contributed by atoms with Gasteiger partial charge in [0.15, 0.2) is 0 Å². The Morgan fingerprint density at radius 2 is 1.76 bits per heavy atom. The molecule has 0 bridgehead atoms. The summed E-state index contributed by atoms with van der Waals surface area (Å²) in [4.78, 5) is 10.8. The maximum atomic E-state index is 13.0. The quantitative estimate of drug-likeness (QED) is 0.634. The third-order valence-corrected chi connectivity index (χ3v) is 6.23. The predicted octanol–water partition coefficient (Wildman–Crippen LogP) is 4.82. The molecule has 0 aliphatic rings. The van der Waals surface area contributed by atoms with Crippen LogP contribution in [0.25, 0.3) is 0 Å². The number of rotatable bonds is 7. The van der Waals surface area contributed by atoms with Gasteiger partial charge in [-0.3, -0.25) is 9.10 Å². The number of carbonyl (C=O) groups is 1. The molecule has 25 heavy (non-hydrogen) atoms. The lowest BCUT2D eigenvalue weighted by Crippen LogP contribution is -2.32. The van der Waals surface area contributed by atoms with Crippen LogP contribution in [0.3, 0.4) is 0 Å². The zero-order valence-corrected chi connectivity index (χ0v) is 16.7. The van der Waals surface area contributed by atoms with Gasteiger partial charge in [-0.05, 0) is 48.9 Å². The first kappa shape index (κ1) is 20.0. The molecule has 0 fully saturated rings. The van der Waals surface area contributed by atoms with E-state index in [-0.39, 0.29) is 35.0 Å². The molecule has 0 saturated carbocycles. The molecule has 0 spiro atoms. The van der Waals surface area contributed by atoms with Gasteiger partial charge in [0, 0.05) is 22.5 Å². The largest absolute Gasteiger partial charge is 0.481 e. The lowest BCUT2D eigenvalue weighted by Gasteiger charge is -2.25. The normalized spacial score (nSPS) is 11.3. The monoisotopic (exact) mass is 465 g/mol. The molecular weight excluding hydrogens is 453 g/mol. The van der Waals surface area contributed by atoms with Crippen molar-refractivity contribution in [3.05, 3.63) is 57.0 Å². The van der Waals surface area contributed by atoms with Gasteiger partial charge in [-0.25, -0.2) is 8.42 Å². The number of anilines is 1. The maximum Gasteiger partial charge on any atom is 0.303 e. The Morgan fingerprint density at radius 3 is 2.32 bits per heavy atom. The first-order valence-corrected chi connectivity index (χ1v) is 10.2. The molecule has 0 aromatic heterocycles. The van der Waals surface area contributed by atoms with Crippen LogP contribution in [0.4, 0.5) is 5.69 Å². The SMILES string of the molecule is O=C(O)CCCN(c1ccc(Cl)cc1Cl)S(=O)(=O)c1ccc(Br)cc1. The fraction of sp³-hybridized carbons (Fsp3) is 0.188. The molecule has 0 atom stereocenters. The summed E-state index contributed by atoms with van der Waals surface area (Å²) in [6, 6.07) is 10.6. The van der Waals surface area contributed by atoms with E-state index in [4.69, 9.17) is 28.3 Å². The van der Waals surface area contributed by atoms with Crippen LogP contribution >= 0.6 is 39.1 Å². The average molecular weight is 467 g/mol. The summed E-state index contributed by atoms with van der Waals surface area (Å²) in [5.41, 5.74) is 0.249. The molecule has 9 heteroatoms. The highest BCUT2D eigenvalue weighted by Crippen LogP contribution is 2.33. The van der Waals surface area contributed by atoms with Crippen LogP contribution in [-0.2, 0) is 14.8 Å². The molecule has 134 valence electrons. The molecule has 1 N–H and O–H groups in total. The maximum absolute atomic E-state index is 13.0. The van der Waals surface area contributed by atoms with Gasteiger partial charge >= 0.3 is 5.97 Å². The Kier molecular flexibility index (Phi) is 6.73. The topological polar surface area (TPSA) is 74.7 Å². The summed E-state index contributed by atoms with van der Waals surface area (Å²) in [7, 11) is -3.91. The van der Waals surface area contributed by atoms with Crippen LogP contribution in [-0.4, -0.2) is 26.0 Å². The Labute approximate surface area is 164 Å². The number of carboxylic acid groups (broad SMARTS) is 1. The second-order valence-electron chi connectivity index (χ2n) is 5.12. The number of aliphatic carboxylic acids is 1. The molecule has 0 amide bonds. The Hall–Kier alpha value is -1.28. The highest BCUT2D eigenvalue weighted by atomic mass is 79.9. The molecule has 0 radical (unpaired) electrons. The van der Waals surface area contributed by atoms with Crippen LogP contribution < -0.4 is 4.31 Å². The Balaban J connectivity index is 2.45. The lowest BCUT2D eigenvalue weighted by atomic mass is 10.3. The molecular formula is C16H14BrCl2NO4S. The van der Waals surface area contributed by atoms with Gasteiger partial charge in [-0.15, -0.1) is 0 Å². The second kappa shape index (κ2) is 8.40. The van der Waals surface area contributed by atoms with E-state index in [1.807, 2.05) is 0 Å². The number of benzene rings is 2. The molecule has 2 aromatic rings. The van der Waals surface area contributed by atoms with E-state index in [1.54, 1.807) is 12.1 Å². The van der Waals surface area contributed by atoms with Crippen LogP contribution in [0.15, 0.2) is 51.8 Å². The van der Waals surface area contributed by atoms with Gasteiger partial charge in [-0.1, -0.05) is 39.1 Å². The lowest BCUT2D eigenvalue weighted by molar-refractivity contribution is -0.137. The molecule has 2 aromatic carbocycles. The number of hydrogen-bond acceptors (Lipinski definition) is 3. The van der Waals surface area contributed by atoms with Crippen LogP contribution in [0.5, 0.6) is 0 Å². The summed E-state index contributed by atoms with van der Waals surface area (Å²) >= 11 is 15.3. The first-order valence-electron chi connectivity index (χ1n) is 7.17. The standard InChI is InChI=1S/C16H14BrCl2NO4S/c17-11-3-6-13(7-4-11)25(23,24)20(9-1-2-16(21)22)15-8-5-12(18)10-14(15)19/h3-8,10H,1-2,9H2,(H,21,22). The van der Waals surface area contributed by atoms with E-state index in [1.165, 1.54) is 30.3 Å². The van der Waals surface area contributed by atoms with Gasteiger partial charge in [0.25, 0.3) is 10.0 Å². The van der Waals surface area contributed by atoms with Crippen molar-refractivity contribution in [1.82, 2.24) is 0 Å². The van der Waals surface area contributed by atoms with E-state index >= 15 is 0 Å². The number of halogens is 3. The van der Waals surface area contributed by atoms with Crippen LogP contribution in [0.2, 0.25) is 10.0 Å². The van der Waals surface area contributed by atoms with Crippen molar-refractivity contribution in [2.75, 3.05) is 10.8 Å². The first-order chi connectivity index (χ1) is 11.7. The smallest absolute Gasteiger partial charge is 0.303 e. The van der Waals surface area contributed by atoms with Crippen molar-refractivity contribution in [1.29, 1.82) is 0 Å². The fourth-order valence-corrected chi connectivity index (χ4v) is 4.51. The summed E-state index contributed by atoms with van der Waals surface area (Å²) in [5, 5.41) is 9.37. The number of hydrogen-bond donors (Lipinski definition) is 1. The van der Waals surface area contributed by atoms with Gasteiger partial charge in [-0.2, -0.15) is 0 Å². The van der Waals surface area contributed by atoms with Crippen LogP contribution in [0, 0.1) is 0 Å². The zero-order chi connectivity index (χ0) is 18.6. The summed E-state index contributed by atoms with van der Waals surface area (Å²) in [5.74, 6) is -0.997. The molecule has 0 aliphatic carbocycles. The van der Waals surface area contributed by atoms with E-state index in [2.05, 4.69) is 15.9 Å². The van der Waals surface area contributed by atoms with Gasteiger partial charge in [0.2, 0.25) is 0 Å². The van der Waals surface area contributed by atoms with Crippen molar-refractivity contribution in [3.63, 3.8) is 0 Å². The van der Waals surface area contributed by atoms with Gasteiger partial charge in [0.1, 0.15) is 0 Å². The van der Waals surface area contributed by atoms with Crippen LogP contribution in [0.1, 0.15) is 12.8 Å². The van der Waals surface area contributed by atoms with E-state index in [0.717, 1.165) is 8.78 Å². The average Bonchev–Trinajstić information content (AvgIpc) is 2.52. The number of sulfonamides is 1. The number of carboxylic acids is 1. The molecule has 0 heterocycles. The molecule has 0 aliphatic heterocycles. The van der Waals surface area contributed by atoms with Crippen molar-refractivity contribution in [2.24, 2.45) is 0 Å². The summed E-state index contributed by atoms with van der Waals surface area (Å²) in [6.07, 6.45) is -0.0123. The van der Waals surface area contributed by atoms with Gasteiger partial charge in [0.05, 0.1) is 15.6 Å². The molecule has 5 nitrogen and oxygen atoms in total. The van der Waals surface area contributed by atoms with Crippen molar-refractivity contribution >= 4 is 60.8 Å². The fourth-order valence-electron chi connectivity index (χ4n) is 2.16. The number of nitrogens with zero attached hydrogens (tertiary/aromatic N) is 1. The summed E-state index contributed by atoms with van der Waals surface area (Å²) in [6.45, 7) is -0.0218. The Morgan fingerprint density at radius 1 is 1.12 bits per heavy atom. The van der Waals surface area contributed by atoms with Crippen molar-refractivity contribution in [2.45, 2.75) is 17.7 Å². The minimum Gasteiger partial charge on any atom is -0.481 e. The minimum atomic E-state index is -3.91. The second-order valence-corrected chi connectivity index (χ2v) is 8.75. The zero-order valence-electron chi connectivity index (χ0n) is 12.8. The minimum absolute atomic E-state index is 0.0218. The summed E-state index contributed by atoms with van der Waals surface area (Å²) < 4.78 is 27.9. The highest BCUT2D eigenvalue weighted by Gasteiger charge is 2.26. The van der Waals surface area contributed by atoms with Crippen molar-refractivity contribution < 1.29 is 18.3 Å². The molecule has 2 rings (SSSR count). The van der Waals surface area contributed by atoms with Gasteiger partial charge < -0.3 is 5.11 Å². The molecule has 0 saturated heterocycles. The predicted molar refractivity (Wildman–Crippen MR) is 102 cm³/mol. The third-order valence-electron chi connectivity index (χ3n) is 3.33. The van der Waals surface area contributed by atoms with E-state index < -0.39 is 16.0 Å².